The lowest BCUT2D eigenvalue weighted by molar-refractivity contribution is 0.100. The number of para-hydroxylation sites is 1. The van der Waals surface area contributed by atoms with Gasteiger partial charge in [0.15, 0.2) is 0 Å². The molecule has 1 amide bonds. The van der Waals surface area contributed by atoms with Gasteiger partial charge in [0, 0.05) is 38.4 Å². The molecule has 0 spiro atoms. The van der Waals surface area contributed by atoms with E-state index in [1.54, 1.807) is 12.1 Å². The maximum absolute atomic E-state index is 11.9. The van der Waals surface area contributed by atoms with Gasteiger partial charge in [0.1, 0.15) is 0 Å². The van der Waals surface area contributed by atoms with Gasteiger partial charge in [-0.2, -0.15) is 0 Å². The first kappa shape index (κ1) is 16.0. The van der Waals surface area contributed by atoms with Crippen molar-refractivity contribution < 1.29 is 4.79 Å². The van der Waals surface area contributed by atoms with Crippen molar-refractivity contribution in [1.29, 1.82) is 0 Å². The van der Waals surface area contributed by atoms with Gasteiger partial charge in [0.25, 0.3) is 0 Å². The van der Waals surface area contributed by atoms with Crippen LogP contribution in [0.4, 0.5) is 0 Å². The van der Waals surface area contributed by atoms with Gasteiger partial charge in [0.05, 0.1) is 5.52 Å². The first-order chi connectivity index (χ1) is 12.1. The standard InChI is InChI=1S/C20H14Cl2N2O/c21-13-9-8-12(16(22)10-13)11-24-17-6-2-1-4-14(17)19-15(20(23)25)5-3-7-18(19)24/h1-10H,11H2,(H2,23,25). The number of carbonyl (C=O) groups is 1. The fourth-order valence-electron chi connectivity index (χ4n) is 3.29. The second-order valence-corrected chi connectivity index (χ2v) is 6.75. The normalized spacial score (nSPS) is 11.3. The van der Waals surface area contributed by atoms with Crippen molar-refractivity contribution in [3.8, 4) is 0 Å². The van der Waals surface area contributed by atoms with Crippen LogP contribution in [0.5, 0.6) is 0 Å². The van der Waals surface area contributed by atoms with Crippen LogP contribution < -0.4 is 5.73 Å². The number of fused-ring (bicyclic) bond motifs is 3. The van der Waals surface area contributed by atoms with E-state index in [2.05, 4.69) is 4.57 Å². The van der Waals surface area contributed by atoms with Crippen LogP contribution in [0.1, 0.15) is 15.9 Å². The topological polar surface area (TPSA) is 48.0 Å². The van der Waals surface area contributed by atoms with Crippen molar-refractivity contribution in [2.24, 2.45) is 5.73 Å². The molecule has 0 saturated carbocycles. The number of carbonyl (C=O) groups excluding carboxylic acids is 1. The van der Waals surface area contributed by atoms with Gasteiger partial charge >= 0.3 is 0 Å². The zero-order valence-corrected chi connectivity index (χ0v) is 14.7. The number of halogens is 2. The summed E-state index contributed by atoms with van der Waals surface area (Å²) in [5.41, 5.74) is 9.04. The zero-order valence-electron chi connectivity index (χ0n) is 13.2. The molecule has 0 saturated heterocycles. The third-order valence-corrected chi connectivity index (χ3v) is 4.99. The number of primary amides is 1. The third-order valence-electron chi connectivity index (χ3n) is 4.41. The molecule has 4 rings (SSSR count). The van der Waals surface area contributed by atoms with E-state index >= 15 is 0 Å². The Morgan fingerprint density at radius 1 is 0.960 bits per heavy atom. The van der Waals surface area contributed by atoms with Crippen LogP contribution in [0.25, 0.3) is 21.8 Å². The average Bonchev–Trinajstić information content (AvgIpc) is 2.91. The Hall–Kier alpha value is -2.49. The van der Waals surface area contributed by atoms with Crippen LogP contribution >= 0.6 is 23.2 Å². The Morgan fingerprint density at radius 3 is 2.48 bits per heavy atom. The summed E-state index contributed by atoms with van der Waals surface area (Å²) in [5.74, 6) is -0.432. The Morgan fingerprint density at radius 2 is 1.72 bits per heavy atom. The Kier molecular flexibility index (Phi) is 3.91. The summed E-state index contributed by atoms with van der Waals surface area (Å²) in [7, 11) is 0. The minimum atomic E-state index is -0.432. The lowest BCUT2D eigenvalue weighted by atomic mass is 10.1. The summed E-state index contributed by atoms with van der Waals surface area (Å²) in [6.45, 7) is 0.572. The van der Waals surface area contributed by atoms with Gasteiger partial charge in [-0.15, -0.1) is 0 Å². The monoisotopic (exact) mass is 368 g/mol. The molecule has 1 aromatic heterocycles. The van der Waals surface area contributed by atoms with Crippen LogP contribution in [0, 0.1) is 0 Å². The molecule has 2 N–H and O–H groups in total. The van der Waals surface area contributed by atoms with E-state index in [0.29, 0.717) is 22.2 Å². The van der Waals surface area contributed by atoms with Crippen LogP contribution in [0.15, 0.2) is 60.7 Å². The first-order valence-corrected chi connectivity index (χ1v) is 8.55. The molecule has 0 aliphatic heterocycles. The van der Waals surface area contributed by atoms with Gasteiger partial charge < -0.3 is 10.3 Å². The Labute approximate surface area is 154 Å². The van der Waals surface area contributed by atoms with E-state index in [-0.39, 0.29) is 0 Å². The van der Waals surface area contributed by atoms with E-state index in [9.17, 15) is 4.79 Å². The predicted octanol–water partition coefficient (Wildman–Crippen LogP) is 5.25. The maximum atomic E-state index is 11.9. The number of hydrogen-bond acceptors (Lipinski definition) is 1. The Balaban J connectivity index is 2.02. The second kappa shape index (κ2) is 6.10. The summed E-state index contributed by atoms with van der Waals surface area (Å²) >= 11 is 12.4. The van der Waals surface area contributed by atoms with Gasteiger partial charge in [0.2, 0.25) is 5.91 Å². The molecular weight excluding hydrogens is 355 g/mol. The van der Waals surface area contributed by atoms with Crippen molar-refractivity contribution >= 4 is 50.9 Å². The SMILES string of the molecule is NC(=O)c1cccc2c1c1ccccc1n2Cc1ccc(Cl)cc1Cl. The van der Waals surface area contributed by atoms with Crippen molar-refractivity contribution in [3.63, 3.8) is 0 Å². The zero-order chi connectivity index (χ0) is 17.6. The summed E-state index contributed by atoms with van der Waals surface area (Å²) < 4.78 is 2.15. The average molecular weight is 369 g/mol. The van der Waals surface area contributed by atoms with Crippen molar-refractivity contribution in [2.45, 2.75) is 6.54 Å². The third kappa shape index (κ3) is 2.66. The summed E-state index contributed by atoms with van der Waals surface area (Å²) in [5, 5.41) is 3.09. The van der Waals surface area contributed by atoms with Crippen LogP contribution in [-0.2, 0) is 6.54 Å². The fourth-order valence-corrected chi connectivity index (χ4v) is 3.76. The molecule has 5 heteroatoms. The molecule has 0 bridgehead atoms. The minimum absolute atomic E-state index is 0.432. The van der Waals surface area contributed by atoms with Crippen LogP contribution in [0.3, 0.4) is 0 Å². The van der Waals surface area contributed by atoms with Gasteiger partial charge in [-0.3, -0.25) is 4.79 Å². The number of benzene rings is 3. The number of aromatic nitrogens is 1. The quantitative estimate of drug-likeness (QED) is 0.527. The van der Waals surface area contributed by atoms with E-state index in [0.717, 1.165) is 27.4 Å². The number of rotatable bonds is 3. The van der Waals surface area contributed by atoms with Gasteiger partial charge in [-0.05, 0) is 35.9 Å². The molecule has 4 aromatic rings. The molecule has 124 valence electrons. The highest BCUT2D eigenvalue weighted by Gasteiger charge is 2.16. The minimum Gasteiger partial charge on any atom is -0.366 e. The van der Waals surface area contributed by atoms with Crippen molar-refractivity contribution in [2.75, 3.05) is 0 Å². The van der Waals surface area contributed by atoms with Gasteiger partial charge in [-0.25, -0.2) is 0 Å². The predicted molar refractivity (Wildman–Crippen MR) is 104 cm³/mol. The molecule has 3 aromatic carbocycles. The molecule has 0 atom stereocenters. The van der Waals surface area contributed by atoms with Gasteiger partial charge in [-0.1, -0.05) is 53.5 Å². The number of hydrogen-bond donors (Lipinski definition) is 1. The highest BCUT2D eigenvalue weighted by Crippen LogP contribution is 2.33. The van der Waals surface area contributed by atoms with Crippen molar-refractivity contribution in [3.05, 3.63) is 81.8 Å². The lowest BCUT2D eigenvalue weighted by Crippen LogP contribution is -2.11. The summed E-state index contributed by atoms with van der Waals surface area (Å²) in [6, 6.07) is 19.1. The second-order valence-electron chi connectivity index (χ2n) is 5.90. The van der Waals surface area contributed by atoms with E-state index in [1.165, 1.54) is 0 Å². The molecule has 0 fully saturated rings. The maximum Gasteiger partial charge on any atom is 0.249 e. The molecule has 0 radical (unpaired) electrons. The highest BCUT2D eigenvalue weighted by molar-refractivity contribution is 6.35. The smallest absolute Gasteiger partial charge is 0.249 e. The largest absolute Gasteiger partial charge is 0.366 e. The van der Waals surface area contributed by atoms with Crippen LogP contribution in [-0.4, -0.2) is 10.5 Å². The first-order valence-electron chi connectivity index (χ1n) is 7.80. The molecule has 3 nitrogen and oxygen atoms in total. The molecule has 0 aliphatic rings. The highest BCUT2D eigenvalue weighted by atomic mass is 35.5. The summed E-state index contributed by atoms with van der Waals surface area (Å²) in [4.78, 5) is 11.9. The van der Waals surface area contributed by atoms with E-state index < -0.39 is 5.91 Å². The number of nitrogens with zero attached hydrogens (tertiary/aromatic N) is 1. The summed E-state index contributed by atoms with van der Waals surface area (Å²) in [6.07, 6.45) is 0. The van der Waals surface area contributed by atoms with E-state index in [1.807, 2.05) is 48.5 Å². The number of nitrogens with two attached hydrogens (primary N) is 1. The van der Waals surface area contributed by atoms with Crippen LogP contribution in [0.2, 0.25) is 10.0 Å². The Bertz CT molecular complexity index is 1130. The molecule has 1 heterocycles. The molecule has 0 unspecified atom stereocenters. The lowest BCUT2D eigenvalue weighted by Gasteiger charge is -2.10. The molecular formula is C20H14Cl2N2O. The molecule has 0 aliphatic carbocycles. The number of amides is 1. The van der Waals surface area contributed by atoms with Crippen molar-refractivity contribution in [1.82, 2.24) is 4.57 Å². The molecule has 25 heavy (non-hydrogen) atoms. The van der Waals surface area contributed by atoms with E-state index in [4.69, 9.17) is 28.9 Å². The fraction of sp³-hybridized carbons (Fsp3) is 0.0500.